The zero-order chi connectivity index (χ0) is 12.2. The standard InChI is InChI=1S/C10H12F3NO2/c1-8(15)9-2-3-14(6-9)4-5-16-7-10(11,12)13/h2-3,6H,4-5,7H2,1H3. The fourth-order valence-electron chi connectivity index (χ4n) is 1.15. The minimum atomic E-state index is -4.29. The van der Waals surface area contributed by atoms with Crippen molar-refractivity contribution in [3.05, 3.63) is 24.0 Å². The van der Waals surface area contributed by atoms with Crippen molar-refractivity contribution in [2.75, 3.05) is 13.2 Å². The van der Waals surface area contributed by atoms with Gasteiger partial charge >= 0.3 is 6.18 Å². The average Bonchev–Trinajstić information content (AvgIpc) is 2.59. The van der Waals surface area contributed by atoms with Crippen LogP contribution in [-0.4, -0.2) is 29.7 Å². The maximum Gasteiger partial charge on any atom is 0.411 e. The Balaban J connectivity index is 2.30. The lowest BCUT2D eigenvalue weighted by Gasteiger charge is -2.07. The molecule has 0 saturated carbocycles. The van der Waals surface area contributed by atoms with E-state index in [0.717, 1.165) is 0 Å². The monoisotopic (exact) mass is 235 g/mol. The molecular weight excluding hydrogens is 223 g/mol. The molecule has 0 spiro atoms. The molecule has 0 aliphatic carbocycles. The lowest BCUT2D eigenvalue weighted by molar-refractivity contribution is -0.174. The molecule has 1 rings (SSSR count). The molecule has 0 bridgehead atoms. The highest BCUT2D eigenvalue weighted by molar-refractivity contribution is 5.93. The minimum Gasteiger partial charge on any atom is -0.370 e. The van der Waals surface area contributed by atoms with Crippen LogP contribution >= 0.6 is 0 Å². The van der Waals surface area contributed by atoms with Gasteiger partial charge in [0, 0.05) is 24.5 Å². The molecule has 0 unspecified atom stereocenters. The summed E-state index contributed by atoms with van der Waals surface area (Å²) in [6.45, 7) is 0.447. The lowest BCUT2D eigenvalue weighted by atomic mass is 10.2. The van der Waals surface area contributed by atoms with Crippen LogP contribution in [-0.2, 0) is 11.3 Å². The Labute approximate surface area is 90.8 Å². The summed E-state index contributed by atoms with van der Waals surface area (Å²) in [5, 5.41) is 0. The molecule has 0 N–H and O–H groups in total. The fourth-order valence-corrected chi connectivity index (χ4v) is 1.15. The first-order valence-electron chi connectivity index (χ1n) is 4.70. The van der Waals surface area contributed by atoms with Crippen LogP contribution in [0.5, 0.6) is 0 Å². The number of rotatable bonds is 5. The van der Waals surface area contributed by atoms with Gasteiger partial charge in [-0.3, -0.25) is 4.79 Å². The topological polar surface area (TPSA) is 31.2 Å². The zero-order valence-corrected chi connectivity index (χ0v) is 8.75. The third kappa shape index (κ3) is 4.48. The van der Waals surface area contributed by atoms with Gasteiger partial charge in [-0.15, -0.1) is 0 Å². The van der Waals surface area contributed by atoms with E-state index >= 15 is 0 Å². The van der Waals surface area contributed by atoms with Crippen LogP contribution in [0.25, 0.3) is 0 Å². The molecule has 90 valence electrons. The number of carbonyl (C=O) groups excluding carboxylic acids is 1. The van der Waals surface area contributed by atoms with Crippen LogP contribution < -0.4 is 0 Å². The van der Waals surface area contributed by atoms with E-state index in [2.05, 4.69) is 4.74 Å². The predicted octanol–water partition coefficient (Wildman–Crippen LogP) is 2.27. The first-order chi connectivity index (χ1) is 7.38. The number of ether oxygens (including phenoxy) is 1. The van der Waals surface area contributed by atoms with Crippen molar-refractivity contribution in [1.82, 2.24) is 4.57 Å². The van der Waals surface area contributed by atoms with Crippen molar-refractivity contribution in [2.24, 2.45) is 0 Å². The van der Waals surface area contributed by atoms with Gasteiger partial charge in [-0.1, -0.05) is 0 Å². The maximum atomic E-state index is 11.7. The smallest absolute Gasteiger partial charge is 0.370 e. The number of carbonyl (C=O) groups is 1. The molecule has 3 nitrogen and oxygen atoms in total. The lowest BCUT2D eigenvalue weighted by Crippen LogP contribution is -2.18. The Morgan fingerprint density at radius 3 is 2.69 bits per heavy atom. The van der Waals surface area contributed by atoms with E-state index < -0.39 is 12.8 Å². The Morgan fingerprint density at radius 2 is 2.19 bits per heavy atom. The second kappa shape index (κ2) is 5.16. The summed E-state index contributed by atoms with van der Waals surface area (Å²) in [6, 6.07) is 1.62. The molecule has 1 aromatic heterocycles. The second-order valence-corrected chi connectivity index (χ2v) is 3.36. The van der Waals surface area contributed by atoms with E-state index in [1.807, 2.05) is 0 Å². The summed E-state index contributed by atoms with van der Waals surface area (Å²) in [5.41, 5.74) is 0.538. The predicted molar refractivity (Wildman–Crippen MR) is 51.3 cm³/mol. The number of alkyl halides is 3. The van der Waals surface area contributed by atoms with E-state index in [9.17, 15) is 18.0 Å². The van der Waals surface area contributed by atoms with E-state index in [4.69, 9.17) is 0 Å². The largest absolute Gasteiger partial charge is 0.411 e. The van der Waals surface area contributed by atoms with Gasteiger partial charge in [0.25, 0.3) is 0 Å². The zero-order valence-electron chi connectivity index (χ0n) is 8.75. The molecular formula is C10H12F3NO2. The number of ketones is 1. The van der Waals surface area contributed by atoms with Gasteiger partial charge in [0.1, 0.15) is 6.61 Å². The molecule has 6 heteroatoms. The summed E-state index contributed by atoms with van der Waals surface area (Å²) in [4.78, 5) is 10.9. The number of nitrogens with zero attached hydrogens (tertiary/aromatic N) is 1. The van der Waals surface area contributed by atoms with E-state index in [0.29, 0.717) is 12.1 Å². The van der Waals surface area contributed by atoms with Crippen molar-refractivity contribution >= 4 is 5.78 Å². The van der Waals surface area contributed by atoms with Crippen LogP contribution in [0.15, 0.2) is 18.5 Å². The van der Waals surface area contributed by atoms with Gasteiger partial charge in [-0.25, -0.2) is 0 Å². The molecule has 0 atom stereocenters. The van der Waals surface area contributed by atoms with Gasteiger partial charge < -0.3 is 9.30 Å². The molecule has 0 aromatic carbocycles. The van der Waals surface area contributed by atoms with E-state index in [1.165, 1.54) is 6.92 Å². The highest BCUT2D eigenvalue weighted by Gasteiger charge is 2.27. The van der Waals surface area contributed by atoms with Gasteiger partial charge in [-0.05, 0) is 13.0 Å². The number of halogens is 3. The van der Waals surface area contributed by atoms with Crippen molar-refractivity contribution in [3.8, 4) is 0 Å². The molecule has 0 aliphatic rings. The van der Waals surface area contributed by atoms with Crippen LogP contribution in [0.3, 0.4) is 0 Å². The first-order valence-corrected chi connectivity index (χ1v) is 4.70. The van der Waals surface area contributed by atoms with Crippen LogP contribution in [0, 0.1) is 0 Å². The maximum absolute atomic E-state index is 11.7. The average molecular weight is 235 g/mol. The summed E-state index contributed by atoms with van der Waals surface area (Å²) in [6.07, 6.45) is -1.08. The van der Waals surface area contributed by atoms with Crippen LogP contribution in [0.1, 0.15) is 17.3 Å². The number of hydrogen-bond acceptors (Lipinski definition) is 2. The SMILES string of the molecule is CC(=O)c1ccn(CCOCC(F)(F)F)c1. The van der Waals surface area contributed by atoms with Gasteiger partial charge in [-0.2, -0.15) is 13.2 Å². The highest BCUT2D eigenvalue weighted by Crippen LogP contribution is 2.14. The summed E-state index contributed by atoms with van der Waals surface area (Å²) >= 11 is 0. The fraction of sp³-hybridized carbons (Fsp3) is 0.500. The molecule has 0 aliphatic heterocycles. The third-order valence-corrected chi connectivity index (χ3v) is 1.92. The van der Waals surface area contributed by atoms with Crippen LogP contribution in [0.2, 0.25) is 0 Å². The van der Waals surface area contributed by atoms with Gasteiger partial charge in [0.15, 0.2) is 5.78 Å². The molecule has 0 amide bonds. The molecule has 0 fully saturated rings. The first kappa shape index (κ1) is 12.8. The molecule has 16 heavy (non-hydrogen) atoms. The quantitative estimate of drug-likeness (QED) is 0.579. The number of Topliss-reactive ketones (excluding diaryl/α,β-unsaturated/α-hetero) is 1. The molecule has 0 radical (unpaired) electrons. The van der Waals surface area contributed by atoms with Gasteiger partial charge in [0.05, 0.1) is 6.61 Å². The van der Waals surface area contributed by atoms with Crippen molar-refractivity contribution in [1.29, 1.82) is 0 Å². The number of aromatic nitrogens is 1. The van der Waals surface area contributed by atoms with Crippen LogP contribution in [0.4, 0.5) is 13.2 Å². The Hall–Kier alpha value is -1.30. The molecule has 0 saturated heterocycles. The highest BCUT2D eigenvalue weighted by atomic mass is 19.4. The van der Waals surface area contributed by atoms with E-state index in [1.54, 1.807) is 23.0 Å². The molecule has 1 aromatic rings. The summed E-state index contributed by atoms with van der Waals surface area (Å²) in [5.74, 6) is -0.0741. The number of hydrogen-bond donors (Lipinski definition) is 0. The second-order valence-electron chi connectivity index (χ2n) is 3.36. The Bertz CT molecular complexity index is 357. The third-order valence-electron chi connectivity index (χ3n) is 1.92. The minimum absolute atomic E-state index is 0.0362. The normalized spacial score (nSPS) is 11.8. The molecule has 1 heterocycles. The Morgan fingerprint density at radius 1 is 1.50 bits per heavy atom. The Kier molecular flexibility index (Phi) is 4.12. The van der Waals surface area contributed by atoms with E-state index in [-0.39, 0.29) is 12.4 Å². The van der Waals surface area contributed by atoms with Crippen molar-refractivity contribution in [2.45, 2.75) is 19.6 Å². The van der Waals surface area contributed by atoms with Crippen molar-refractivity contribution in [3.63, 3.8) is 0 Å². The van der Waals surface area contributed by atoms with Gasteiger partial charge in [0.2, 0.25) is 0 Å². The summed E-state index contributed by atoms with van der Waals surface area (Å²) < 4.78 is 41.2. The van der Waals surface area contributed by atoms with Crippen molar-refractivity contribution < 1.29 is 22.7 Å². The summed E-state index contributed by atoms with van der Waals surface area (Å²) in [7, 11) is 0.